The van der Waals surface area contributed by atoms with Crippen molar-refractivity contribution in [2.45, 2.75) is 38.8 Å². The summed E-state index contributed by atoms with van der Waals surface area (Å²) in [5.74, 6) is 0.155. The third kappa shape index (κ3) is 4.00. The van der Waals surface area contributed by atoms with Gasteiger partial charge in [0.15, 0.2) is 15.5 Å². The summed E-state index contributed by atoms with van der Waals surface area (Å²) >= 11 is 0. The molecule has 3 heterocycles. The van der Waals surface area contributed by atoms with Crippen LogP contribution >= 0.6 is 0 Å². The smallest absolute Gasteiger partial charge is 0.264 e. The molecule has 0 radical (unpaired) electrons. The van der Waals surface area contributed by atoms with Gasteiger partial charge in [-0.1, -0.05) is 26.0 Å². The van der Waals surface area contributed by atoms with Gasteiger partial charge in [-0.15, -0.1) is 0 Å². The van der Waals surface area contributed by atoms with Gasteiger partial charge in [-0.2, -0.15) is 5.10 Å². The fourth-order valence-electron chi connectivity index (χ4n) is 3.62. The van der Waals surface area contributed by atoms with Gasteiger partial charge >= 0.3 is 0 Å². The summed E-state index contributed by atoms with van der Waals surface area (Å²) < 4.78 is 26.2. The van der Waals surface area contributed by atoms with Gasteiger partial charge in [-0.25, -0.2) is 18.1 Å². The highest BCUT2D eigenvalue weighted by Gasteiger charge is 2.31. The maximum Gasteiger partial charge on any atom is 0.264 e. The number of hydrogen-bond donors (Lipinski definition) is 1. The normalized spacial score (nSPS) is 18.2. The number of nitrogens with one attached hydrogen (secondary N) is 1. The molecule has 0 bridgehead atoms. The molecule has 3 aromatic rings. The van der Waals surface area contributed by atoms with Crippen LogP contribution in [0.25, 0.3) is 11.0 Å². The number of fused-ring (bicyclic) bond motifs is 1. The van der Waals surface area contributed by atoms with Crippen LogP contribution in [0.3, 0.4) is 0 Å². The zero-order valence-electron chi connectivity index (χ0n) is 16.8. The first kappa shape index (κ1) is 20.3. The lowest BCUT2D eigenvalue weighted by Crippen LogP contribution is -2.28. The van der Waals surface area contributed by atoms with Crippen LogP contribution in [-0.2, 0) is 21.2 Å². The minimum atomic E-state index is -3.09. The van der Waals surface area contributed by atoms with E-state index in [1.807, 2.05) is 24.3 Å². The lowest BCUT2D eigenvalue weighted by molar-refractivity contribution is -0.116. The summed E-state index contributed by atoms with van der Waals surface area (Å²) in [6.45, 7) is 4.00. The van der Waals surface area contributed by atoms with E-state index in [4.69, 9.17) is 0 Å². The number of carbonyl (C=O) groups is 1. The van der Waals surface area contributed by atoms with Crippen molar-refractivity contribution in [2.75, 3.05) is 16.8 Å². The van der Waals surface area contributed by atoms with E-state index >= 15 is 0 Å². The van der Waals surface area contributed by atoms with Crippen molar-refractivity contribution >= 4 is 32.5 Å². The van der Waals surface area contributed by atoms with E-state index in [0.29, 0.717) is 23.7 Å². The summed E-state index contributed by atoms with van der Waals surface area (Å²) in [6.07, 6.45) is 3.13. The monoisotopic (exact) mass is 429 g/mol. The molecule has 0 spiro atoms. The van der Waals surface area contributed by atoms with E-state index in [0.717, 1.165) is 0 Å². The molecule has 1 unspecified atom stereocenters. The maximum absolute atomic E-state index is 12.8. The fourth-order valence-corrected chi connectivity index (χ4v) is 5.31. The highest BCUT2D eigenvalue weighted by atomic mass is 32.2. The number of amides is 1. The largest absolute Gasteiger partial charge is 0.325 e. The van der Waals surface area contributed by atoms with Gasteiger partial charge in [-0.05, 0) is 30.0 Å². The molecule has 4 rings (SSSR count). The number of sulfone groups is 1. The van der Waals surface area contributed by atoms with Crippen LogP contribution in [-0.4, -0.2) is 45.2 Å². The Bertz CT molecular complexity index is 1260. The van der Waals surface area contributed by atoms with Crippen LogP contribution in [0.5, 0.6) is 0 Å². The van der Waals surface area contributed by atoms with E-state index in [1.165, 1.54) is 27.3 Å². The third-order valence-corrected chi connectivity index (χ3v) is 7.06. The lowest BCUT2D eigenvalue weighted by atomic mass is 10.0. The molecule has 1 aromatic carbocycles. The molecule has 1 aliphatic rings. The number of benzene rings is 1. The van der Waals surface area contributed by atoms with Gasteiger partial charge < -0.3 is 5.32 Å². The number of nitrogens with zero attached hydrogens (tertiary/aromatic N) is 4. The minimum absolute atomic E-state index is 0.00739. The topological polar surface area (TPSA) is 116 Å². The zero-order valence-corrected chi connectivity index (χ0v) is 17.6. The first-order valence-corrected chi connectivity index (χ1v) is 11.6. The van der Waals surface area contributed by atoms with Gasteiger partial charge in [0.05, 0.1) is 23.7 Å². The number of hydrogen-bond acceptors (Lipinski definition) is 6. The predicted octanol–water partition coefficient (Wildman–Crippen LogP) is 1.71. The van der Waals surface area contributed by atoms with Crippen LogP contribution < -0.4 is 10.9 Å². The molecule has 30 heavy (non-hydrogen) atoms. The molecule has 2 aromatic heterocycles. The summed E-state index contributed by atoms with van der Waals surface area (Å²) in [7, 11) is -3.09. The van der Waals surface area contributed by atoms with E-state index < -0.39 is 15.4 Å². The van der Waals surface area contributed by atoms with Crippen LogP contribution in [0.2, 0.25) is 0 Å². The second-order valence-electron chi connectivity index (χ2n) is 7.89. The molecular weight excluding hydrogens is 406 g/mol. The molecule has 9 nitrogen and oxygen atoms in total. The van der Waals surface area contributed by atoms with Crippen molar-refractivity contribution in [3.05, 3.63) is 52.7 Å². The Morgan fingerprint density at radius 3 is 2.63 bits per heavy atom. The second-order valence-corrected chi connectivity index (χ2v) is 10.1. The maximum atomic E-state index is 12.8. The Hall–Kier alpha value is -3.01. The molecule has 0 saturated carbocycles. The van der Waals surface area contributed by atoms with Crippen molar-refractivity contribution in [1.29, 1.82) is 0 Å². The standard InChI is InChI=1S/C20H23N5O4S/c1-13(2)14-3-5-15(6-4-14)23-18(26)10-24-12-21-19-17(20(24)27)9-22-25(19)16-7-8-30(28,29)11-16/h3-6,9,12-13,16H,7-8,10-11H2,1-2H3,(H,23,26). The predicted molar refractivity (Wildman–Crippen MR) is 113 cm³/mol. The van der Waals surface area contributed by atoms with Crippen LogP contribution in [0.1, 0.15) is 37.8 Å². The molecule has 1 N–H and O–H groups in total. The van der Waals surface area contributed by atoms with Crippen molar-refractivity contribution < 1.29 is 13.2 Å². The fraction of sp³-hybridized carbons (Fsp3) is 0.400. The first-order chi connectivity index (χ1) is 14.2. The summed E-state index contributed by atoms with van der Waals surface area (Å²) in [5, 5.41) is 7.23. The van der Waals surface area contributed by atoms with Gasteiger partial charge in [0, 0.05) is 5.69 Å². The van der Waals surface area contributed by atoms with Gasteiger partial charge in [0.2, 0.25) is 5.91 Å². The van der Waals surface area contributed by atoms with Crippen LogP contribution in [0.15, 0.2) is 41.6 Å². The van der Waals surface area contributed by atoms with Crippen LogP contribution in [0, 0.1) is 0 Å². The van der Waals surface area contributed by atoms with Crippen molar-refractivity contribution in [1.82, 2.24) is 19.3 Å². The van der Waals surface area contributed by atoms with E-state index in [-0.39, 0.29) is 35.4 Å². The molecular formula is C20H23N5O4S. The Morgan fingerprint density at radius 1 is 1.27 bits per heavy atom. The average molecular weight is 430 g/mol. The molecule has 1 saturated heterocycles. The zero-order chi connectivity index (χ0) is 21.5. The highest BCUT2D eigenvalue weighted by molar-refractivity contribution is 7.91. The molecule has 0 aliphatic carbocycles. The molecule has 10 heteroatoms. The Labute approximate surface area is 173 Å². The van der Waals surface area contributed by atoms with Crippen molar-refractivity contribution in [3.8, 4) is 0 Å². The summed E-state index contributed by atoms with van der Waals surface area (Å²) in [4.78, 5) is 29.4. The first-order valence-electron chi connectivity index (χ1n) is 9.76. The van der Waals surface area contributed by atoms with E-state index in [2.05, 4.69) is 29.2 Å². The summed E-state index contributed by atoms with van der Waals surface area (Å²) in [6, 6.07) is 7.25. The summed E-state index contributed by atoms with van der Waals surface area (Å²) in [5.41, 5.74) is 1.77. The Kier molecular flexibility index (Phi) is 5.19. The highest BCUT2D eigenvalue weighted by Crippen LogP contribution is 2.25. The van der Waals surface area contributed by atoms with Gasteiger partial charge in [-0.3, -0.25) is 14.2 Å². The number of carbonyl (C=O) groups excluding carboxylic acids is 1. The van der Waals surface area contributed by atoms with E-state index in [1.54, 1.807) is 0 Å². The van der Waals surface area contributed by atoms with Crippen molar-refractivity contribution in [3.63, 3.8) is 0 Å². The quantitative estimate of drug-likeness (QED) is 0.660. The molecule has 1 atom stereocenters. The SMILES string of the molecule is CC(C)c1ccc(NC(=O)Cn2cnc3c(cnn3C3CCS(=O)(=O)C3)c2=O)cc1. The van der Waals surface area contributed by atoms with Crippen LogP contribution in [0.4, 0.5) is 5.69 Å². The third-order valence-electron chi connectivity index (χ3n) is 5.31. The van der Waals surface area contributed by atoms with Crippen molar-refractivity contribution in [2.24, 2.45) is 0 Å². The average Bonchev–Trinajstić information content (AvgIpc) is 3.27. The number of anilines is 1. The Balaban J connectivity index is 1.51. The van der Waals surface area contributed by atoms with E-state index in [9.17, 15) is 18.0 Å². The molecule has 1 aliphatic heterocycles. The molecule has 1 fully saturated rings. The molecule has 1 amide bonds. The number of rotatable bonds is 5. The molecule has 158 valence electrons. The second kappa shape index (κ2) is 7.67. The lowest BCUT2D eigenvalue weighted by Gasteiger charge is -2.11. The minimum Gasteiger partial charge on any atom is -0.325 e. The Morgan fingerprint density at radius 2 is 2.00 bits per heavy atom. The number of aromatic nitrogens is 4. The van der Waals surface area contributed by atoms with Gasteiger partial charge in [0.1, 0.15) is 18.3 Å². The van der Waals surface area contributed by atoms with Gasteiger partial charge in [0.25, 0.3) is 5.56 Å².